The predicted molar refractivity (Wildman–Crippen MR) is 56.2 cm³/mol. The third-order valence-electron chi connectivity index (χ3n) is 2.74. The first kappa shape index (κ1) is 12.3. The van der Waals surface area contributed by atoms with Gasteiger partial charge in [0.15, 0.2) is 0 Å². The minimum atomic E-state index is -0.482. The highest BCUT2D eigenvalue weighted by Crippen LogP contribution is 2.20. The van der Waals surface area contributed by atoms with E-state index in [1.807, 2.05) is 5.01 Å². The first-order valence-corrected chi connectivity index (χ1v) is 5.47. The molecule has 0 aromatic heterocycles. The van der Waals surface area contributed by atoms with E-state index < -0.39 is 6.09 Å². The minimum absolute atomic E-state index is 0.0441. The fraction of sp³-hybridized carbons (Fsp3) is 0.900. The fourth-order valence-electron chi connectivity index (χ4n) is 1.92. The van der Waals surface area contributed by atoms with Crippen molar-refractivity contribution in [1.29, 1.82) is 0 Å². The zero-order valence-corrected chi connectivity index (χ0v) is 9.40. The number of hydrogen-bond donors (Lipinski definition) is 2. The zero-order valence-electron chi connectivity index (χ0n) is 9.40. The number of nitrogens with one attached hydrogen (secondary N) is 1. The van der Waals surface area contributed by atoms with Crippen molar-refractivity contribution >= 4 is 6.09 Å². The molecule has 2 N–H and O–H groups in total. The maximum atomic E-state index is 11.3. The summed E-state index contributed by atoms with van der Waals surface area (Å²) in [6.07, 6.45) is 2.89. The maximum absolute atomic E-state index is 11.3. The lowest BCUT2D eigenvalue weighted by atomic mass is 10.00. The van der Waals surface area contributed by atoms with E-state index in [0.29, 0.717) is 12.1 Å². The molecule has 1 rings (SSSR count). The third-order valence-corrected chi connectivity index (χ3v) is 2.74. The molecule has 0 aliphatic carbocycles. The molecule has 0 saturated carbocycles. The van der Waals surface area contributed by atoms with Crippen LogP contribution < -0.4 is 5.43 Å². The number of nitrogens with zero attached hydrogens (tertiary/aromatic N) is 1. The summed E-state index contributed by atoms with van der Waals surface area (Å²) in [6, 6.07) is 0.686. The second-order valence-electron chi connectivity index (χ2n) is 4.01. The summed E-state index contributed by atoms with van der Waals surface area (Å²) >= 11 is 0. The lowest BCUT2D eigenvalue weighted by molar-refractivity contribution is 0.0314. The van der Waals surface area contributed by atoms with Crippen LogP contribution in [0, 0.1) is 0 Å². The number of hydrazine groups is 1. The van der Waals surface area contributed by atoms with Crippen LogP contribution in [0.5, 0.6) is 0 Å². The summed E-state index contributed by atoms with van der Waals surface area (Å²) in [6.45, 7) is 4.07. The van der Waals surface area contributed by atoms with Gasteiger partial charge in [-0.25, -0.2) is 9.80 Å². The van der Waals surface area contributed by atoms with Crippen LogP contribution >= 0.6 is 0 Å². The van der Waals surface area contributed by atoms with Crippen LogP contribution in [0.25, 0.3) is 0 Å². The molecule has 1 aliphatic rings. The fourth-order valence-corrected chi connectivity index (χ4v) is 1.92. The SMILES string of the molecule is CC1CCCC(C)N1NC(=O)OCCO. The quantitative estimate of drug-likeness (QED) is 0.735. The highest BCUT2D eigenvalue weighted by atomic mass is 16.6. The molecule has 1 heterocycles. The number of rotatable bonds is 3. The molecule has 1 saturated heterocycles. The number of ether oxygens (including phenoxy) is 1. The van der Waals surface area contributed by atoms with Crippen molar-refractivity contribution in [1.82, 2.24) is 10.4 Å². The van der Waals surface area contributed by atoms with Gasteiger partial charge in [-0.05, 0) is 26.7 Å². The van der Waals surface area contributed by atoms with Crippen LogP contribution in [0.1, 0.15) is 33.1 Å². The first-order valence-electron chi connectivity index (χ1n) is 5.47. The molecule has 1 aliphatic heterocycles. The zero-order chi connectivity index (χ0) is 11.3. The largest absolute Gasteiger partial charge is 0.446 e. The predicted octanol–water partition coefficient (Wildman–Crippen LogP) is 0.883. The van der Waals surface area contributed by atoms with Crippen molar-refractivity contribution in [2.45, 2.75) is 45.2 Å². The number of aliphatic hydroxyl groups is 1. The molecule has 0 radical (unpaired) electrons. The van der Waals surface area contributed by atoms with E-state index in [1.54, 1.807) is 0 Å². The molecule has 0 bridgehead atoms. The number of carbonyl (C=O) groups excluding carboxylic acids is 1. The van der Waals surface area contributed by atoms with Gasteiger partial charge in [0.25, 0.3) is 0 Å². The topological polar surface area (TPSA) is 61.8 Å². The van der Waals surface area contributed by atoms with E-state index in [9.17, 15) is 4.79 Å². The van der Waals surface area contributed by atoms with Crippen LogP contribution in [0.2, 0.25) is 0 Å². The van der Waals surface area contributed by atoms with Gasteiger partial charge in [0, 0.05) is 12.1 Å². The van der Waals surface area contributed by atoms with E-state index in [-0.39, 0.29) is 13.2 Å². The van der Waals surface area contributed by atoms with Crippen molar-refractivity contribution in [3.05, 3.63) is 0 Å². The molecular formula is C10H20N2O3. The number of aliphatic hydroxyl groups excluding tert-OH is 1. The van der Waals surface area contributed by atoms with Crippen molar-refractivity contribution < 1.29 is 14.6 Å². The van der Waals surface area contributed by atoms with Crippen molar-refractivity contribution in [2.24, 2.45) is 0 Å². The standard InChI is InChI=1S/C10H20N2O3/c1-8-4-3-5-9(2)12(8)11-10(14)15-7-6-13/h8-9,13H,3-7H2,1-2H3,(H,11,14). The monoisotopic (exact) mass is 216 g/mol. The van der Waals surface area contributed by atoms with Gasteiger partial charge in [-0.1, -0.05) is 6.42 Å². The molecular weight excluding hydrogens is 196 g/mol. The van der Waals surface area contributed by atoms with Gasteiger partial charge in [-0.2, -0.15) is 0 Å². The Balaban J connectivity index is 2.37. The summed E-state index contributed by atoms with van der Waals surface area (Å²) < 4.78 is 4.75. The van der Waals surface area contributed by atoms with Crippen LogP contribution in [0.4, 0.5) is 4.79 Å². The summed E-state index contributed by atoms with van der Waals surface area (Å²) in [5.41, 5.74) is 2.71. The van der Waals surface area contributed by atoms with Gasteiger partial charge in [-0.3, -0.25) is 5.43 Å². The Morgan fingerprint density at radius 3 is 2.60 bits per heavy atom. The molecule has 0 aromatic rings. The van der Waals surface area contributed by atoms with E-state index in [4.69, 9.17) is 9.84 Å². The number of hydrogen-bond acceptors (Lipinski definition) is 4. The Labute approximate surface area is 90.4 Å². The molecule has 5 nitrogen and oxygen atoms in total. The smallest absolute Gasteiger partial charge is 0.421 e. The van der Waals surface area contributed by atoms with Crippen molar-refractivity contribution in [3.63, 3.8) is 0 Å². The molecule has 15 heavy (non-hydrogen) atoms. The van der Waals surface area contributed by atoms with E-state index in [2.05, 4.69) is 19.3 Å². The molecule has 5 heteroatoms. The molecule has 88 valence electrons. The Morgan fingerprint density at radius 1 is 1.47 bits per heavy atom. The summed E-state index contributed by atoms with van der Waals surface area (Å²) in [7, 11) is 0. The summed E-state index contributed by atoms with van der Waals surface area (Å²) in [5, 5.41) is 10.4. The Morgan fingerprint density at radius 2 is 2.07 bits per heavy atom. The van der Waals surface area contributed by atoms with Crippen molar-refractivity contribution in [2.75, 3.05) is 13.2 Å². The third kappa shape index (κ3) is 3.68. The van der Waals surface area contributed by atoms with Crippen LogP contribution in [-0.4, -0.2) is 41.5 Å². The van der Waals surface area contributed by atoms with Gasteiger partial charge in [0.2, 0.25) is 0 Å². The highest BCUT2D eigenvalue weighted by molar-refractivity contribution is 5.66. The molecule has 2 unspecified atom stereocenters. The highest BCUT2D eigenvalue weighted by Gasteiger charge is 2.26. The first-order chi connectivity index (χ1) is 7.15. The molecule has 0 aromatic carbocycles. The lowest BCUT2D eigenvalue weighted by Crippen LogP contribution is -2.54. The van der Waals surface area contributed by atoms with E-state index >= 15 is 0 Å². The molecule has 0 spiro atoms. The molecule has 1 fully saturated rings. The van der Waals surface area contributed by atoms with Crippen LogP contribution in [0.15, 0.2) is 0 Å². The Bertz CT molecular complexity index is 201. The van der Waals surface area contributed by atoms with Crippen LogP contribution in [-0.2, 0) is 4.74 Å². The van der Waals surface area contributed by atoms with Gasteiger partial charge in [-0.15, -0.1) is 0 Å². The number of amides is 1. The summed E-state index contributed by atoms with van der Waals surface area (Å²) in [4.78, 5) is 11.3. The van der Waals surface area contributed by atoms with Gasteiger partial charge < -0.3 is 9.84 Å². The average molecular weight is 216 g/mol. The lowest BCUT2D eigenvalue weighted by Gasteiger charge is -2.38. The maximum Gasteiger partial charge on any atom is 0.421 e. The van der Waals surface area contributed by atoms with Gasteiger partial charge >= 0.3 is 6.09 Å². The van der Waals surface area contributed by atoms with Crippen molar-refractivity contribution in [3.8, 4) is 0 Å². The van der Waals surface area contributed by atoms with Crippen LogP contribution in [0.3, 0.4) is 0 Å². The Kier molecular flexibility index (Phi) is 4.84. The molecule has 1 amide bonds. The summed E-state index contributed by atoms with van der Waals surface area (Å²) in [5.74, 6) is 0. The number of piperidine rings is 1. The molecule has 2 atom stereocenters. The average Bonchev–Trinajstić information content (AvgIpc) is 2.21. The van der Waals surface area contributed by atoms with Gasteiger partial charge in [0.1, 0.15) is 6.61 Å². The Hall–Kier alpha value is -0.810. The second kappa shape index (κ2) is 5.92. The van der Waals surface area contributed by atoms with Gasteiger partial charge in [0.05, 0.1) is 6.61 Å². The van der Waals surface area contributed by atoms with E-state index in [0.717, 1.165) is 12.8 Å². The number of carbonyl (C=O) groups is 1. The van der Waals surface area contributed by atoms with E-state index in [1.165, 1.54) is 6.42 Å². The minimum Gasteiger partial charge on any atom is -0.446 e. The normalized spacial score (nSPS) is 27.4. The second-order valence-corrected chi connectivity index (χ2v) is 4.01.